The molecular weight excluding hydrogens is 280 g/mol. The van der Waals surface area contributed by atoms with Crippen molar-refractivity contribution < 1.29 is 4.79 Å². The average Bonchev–Trinajstić information content (AvgIpc) is 2.99. The molecule has 1 saturated heterocycles. The third kappa shape index (κ3) is 2.74. The second-order valence-electron chi connectivity index (χ2n) is 5.75. The minimum absolute atomic E-state index is 0.0348. The fraction of sp³-hybridized carbons (Fsp3) is 0.353. The third-order valence-corrected chi connectivity index (χ3v) is 4.98. The molecule has 1 aromatic carbocycles. The molecule has 4 heteroatoms. The van der Waals surface area contributed by atoms with Gasteiger partial charge in [0.1, 0.15) is 6.17 Å². The molecule has 1 fully saturated rings. The van der Waals surface area contributed by atoms with Crippen molar-refractivity contribution in [2.45, 2.75) is 39.5 Å². The van der Waals surface area contributed by atoms with Crippen molar-refractivity contribution in [2.75, 3.05) is 0 Å². The van der Waals surface area contributed by atoms with E-state index in [-0.39, 0.29) is 18.1 Å². The number of rotatable bonds is 3. The molecule has 0 spiro atoms. The zero-order valence-corrected chi connectivity index (χ0v) is 13.4. The summed E-state index contributed by atoms with van der Waals surface area (Å²) >= 11 is 1.69. The van der Waals surface area contributed by atoms with Gasteiger partial charge in [-0.15, -0.1) is 0 Å². The van der Waals surface area contributed by atoms with E-state index >= 15 is 0 Å². The summed E-state index contributed by atoms with van der Waals surface area (Å²) in [6.45, 7) is 6.78. The molecular formula is C17H20N2OS. The first-order chi connectivity index (χ1) is 10.1. The van der Waals surface area contributed by atoms with Crippen LogP contribution in [0.4, 0.5) is 0 Å². The normalized spacial score (nSPS) is 22.0. The Morgan fingerprint density at radius 3 is 2.52 bits per heavy atom. The number of nitrogens with one attached hydrogen (secondary N) is 1. The highest BCUT2D eigenvalue weighted by molar-refractivity contribution is 7.08. The number of hydrogen-bond acceptors (Lipinski definition) is 3. The highest BCUT2D eigenvalue weighted by atomic mass is 32.1. The molecule has 3 nitrogen and oxygen atoms in total. The molecule has 0 aliphatic carbocycles. The quantitative estimate of drug-likeness (QED) is 0.942. The van der Waals surface area contributed by atoms with E-state index in [1.165, 1.54) is 16.7 Å². The van der Waals surface area contributed by atoms with Gasteiger partial charge in [-0.05, 0) is 48.2 Å². The second-order valence-corrected chi connectivity index (χ2v) is 6.49. The van der Waals surface area contributed by atoms with Crippen molar-refractivity contribution in [2.24, 2.45) is 0 Å². The molecule has 110 valence electrons. The van der Waals surface area contributed by atoms with Crippen LogP contribution in [0.2, 0.25) is 0 Å². The van der Waals surface area contributed by atoms with Crippen molar-refractivity contribution in [1.82, 2.24) is 10.2 Å². The van der Waals surface area contributed by atoms with E-state index in [1.807, 2.05) is 11.8 Å². The molecule has 0 saturated carbocycles. The van der Waals surface area contributed by atoms with E-state index in [9.17, 15) is 4.79 Å². The molecule has 21 heavy (non-hydrogen) atoms. The van der Waals surface area contributed by atoms with Gasteiger partial charge in [0.15, 0.2) is 0 Å². The Labute approximate surface area is 129 Å². The summed E-state index contributed by atoms with van der Waals surface area (Å²) < 4.78 is 0. The van der Waals surface area contributed by atoms with Gasteiger partial charge in [0.25, 0.3) is 0 Å². The minimum atomic E-state index is -0.129. The third-order valence-electron chi connectivity index (χ3n) is 4.07. The van der Waals surface area contributed by atoms with Crippen molar-refractivity contribution in [3.05, 3.63) is 57.3 Å². The summed E-state index contributed by atoms with van der Waals surface area (Å²) in [4.78, 5) is 14.4. The number of nitrogens with zero attached hydrogens (tertiary/aromatic N) is 1. The predicted molar refractivity (Wildman–Crippen MR) is 86.1 cm³/mol. The van der Waals surface area contributed by atoms with E-state index in [1.54, 1.807) is 11.3 Å². The number of benzene rings is 1. The minimum Gasteiger partial charge on any atom is -0.317 e. The van der Waals surface area contributed by atoms with E-state index in [4.69, 9.17) is 0 Å². The highest BCUT2D eigenvalue weighted by Crippen LogP contribution is 2.28. The predicted octanol–water partition coefficient (Wildman–Crippen LogP) is 3.38. The number of aryl methyl sites for hydroxylation is 2. The summed E-state index contributed by atoms with van der Waals surface area (Å²) in [5.74, 6) is 0.172. The molecule has 1 aliphatic rings. The van der Waals surface area contributed by atoms with Crippen molar-refractivity contribution in [3.63, 3.8) is 0 Å². The first-order valence-corrected chi connectivity index (χ1v) is 8.15. The van der Waals surface area contributed by atoms with Crippen LogP contribution in [0.1, 0.15) is 35.3 Å². The Morgan fingerprint density at radius 1 is 1.19 bits per heavy atom. The first-order valence-electron chi connectivity index (χ1n) is 7.21. The van der Waals surface area contributed by atoms with Crippen LogP contribution in [0, 0.1) is 13.8 Å². The lowest BCUT2D eigenvalue weighted by Gasteiger charge is -2.24. The summed E-state index contributed by atoms with van der Waals surface area (Å²) in [5, 5.41) is 7.67. The SMILES string of the molecule is Cc1ccc(C2NC(C)C(=O)N2Cc2cscc2C)cc1. The maximum atomic E-state index is 12.5. The molecule has 1 amide bonds. The molecule has 2 heterocycles. The standard InChI is InChI=1S/C17H20N2OS/c1-11-4-6-14(7-5-11)16-18-13(3)17(20)19(16)8-15-10-21-9-12(15)2/h4-7,9-10,13,16,18H,8H2,1-3H3. The number of amides is 1. The molecule has 2 unspecified atom stereocenters. The van der Waals surface area contributed by atoms with Gasteiger partial charge in [-0.3, -0.25) is 10.1 Å². The van der Waals surface area contributed by atoms with E-state index in [0.717, 1.165) is 5.56 Å². The average molecular weight is 300 g/mol. The van der Waals surface area contributed by atoms with Crippen molar-refractivity contribution in [3.8, 4) is 0 Å². The van der Waals surface area contributed by atoms with Crippen LogP contribution in [0.5, 0.6) is 0 Å². The second kappa shape index (κ2) is 5.62. The van der Waals surface area contributed by atoms with Gasteiger partial charge in [-0.25, -0.2) is 0 Å². The van der Waals surface area contributed by atoms with Crippen LogP contribution in [-0.2, 0) is 11.3 Å². The topological polar surface area (TPSA) is 32.3 Å². The molecule has 2 atom stereocenters. The molecule has 2 aromatic rings. The number of hydrogen-bond donors (Lipinski definition) is 1. The van der Waals surface area contributed by atoms with Crippen molar-refractivity contribution >= 4 is 17.2 Å². The first kappa shape index (κ1) is 14.3. The van der Waals surface area contributed by atoms with Crippen LogP contribution in [0.3, 0.4) is 0 Å². The summed E-state index contributed by atoms with van der Waals surface area (Å²) in [7, 11) is 0. The maximum Gasteiger partial charge on any atom is 0.241 e. The van der Waals surface area contributed by atoms with Crippen LogP contribution >= 0.6 is 11.3 Å². The van der Waals surface area contributed by atoms with E-state index < -0.39 is 0 Å². The van der Waals surface area contributed by atoms with Gasteiger partial charge in [-0.2, -0.15) is 11.3 Å². The summed E-state index contributed by atoms with van der Waals surface area (Å²) in [6, 6.07) is 8.27. The largest absolute Gasteiger partial charge is 0.317 e. The lowest BCUT2D eigenvalue weighted by molar-refractivity contribution is -0.130. The zero-order valence-electron chi connectivity index (χ0n) is 12.6. The van der Waals surface area contributed by atoms with Crippen LogP contribution < -0.4 is 5.32 Å². The van der Waals surface area contributed by atoms with Crippen LogP contribution in [0.25, 0.3) is 0 Å². The Hall–Kier alpha value is -1.65. The summed E-state index contributed by atoms with van der Waals surface area (Å²) in [5.41, 5.74) is 4.87. The number of thiophene rings is 1. The Bertz CT molecular complexity index is 647. The smallest absolute Gasteiger partial charge is 0.241 e. The number of carbonyl (C=O) groups is 1. The highest BCUT2D eigenvalue weighted by Gasteiger charge is 2.37. The lowest BCUT2D eigenvalue weighted by atomic mass is 10.1. The van der Waals surface area contributed by atoms with Gasteiger partial charge >= 0.3 is 0 Å². The molecule has 1 aromatic heterocycles. The van der Waals surface area contributed by atoms with Crippen LogP contribution in [0.15, 0.2) is 35.0 Å². The molecule has 0 bridgehead atoms. The van der Waals surface area contributed by atoms with E-state index in [0.29, 0.717) is 6.54 Å². The number of carbonyl (C=O) groups excluding carboxylic acids is 1. The molecule has 0 radical (unpaired) electrons. The van der Waals surface area contributed by atoms with E-state index in [2.05, 4.69) is 54.2 Å². The Kier molecular flexibility index (Phi) is 3.83. The molecule has 1 N–H and O–H groups in total. The monoisotopic (exact) mass is 300 g/mol. The van der Waals surface area contributed by atoms with Gasteiger partial charge < -0.3 is 4.90 Å². The fourth-order valence-electron chi connectivity index (χ4n) is 2.70. The molecule has 1 aliphatic heterocycles. The van der Waals surface area contributed by atoms with Gasteiger partial charge in [-0.1, -0.05) is 29.8 Å². The van der Waals surface area contributed by atoms with Crippen LogP contribution in [-0.4, -0.2) is 16.8 Å². The Balaban J connectivity index is 1.89. The Morgan fingerprint density at radius 2 is 1.90 bits per heavy atom. The fourth-order valence-corrected chi connectivity index (χ4v) is 3.55. The zero-order chi connectivity index (χ0) is 15.0. The van der Waals surface area contributed by atoms with Gasteiger partial charge in [0.2, 0.25) is 5.91 Å². The van der Waals surface area contributed by atoms with Gasteiger partial charge in [0, 0.05) is 6.54 Å². The van der Waals surface area contributed by atoms with Gasteiger partial charge in [0.05, 0.1) is 6.04 Å². The summed E-state index contributed by atoms with van der Waals surface area (Å²) in [6.07, 6.45) is -0.0348. The van der Waals surface area contributed by atoms with Crippen molar-refractivity contribution in [1.29, 1.82) is 0 Å². The molecule has 3 rings (SSSR count). The maximum absolute atomic E-state index is 12.5. The lowest BCUT2D eigenvalue weighted by Crippen LogP contribution is -2.30.